The second kappa shape index (κ2) is 6.99. The van der Waals surface area contributed by atoms with Crippen molar-refractivity contribution in [2.75, 3.05) is 11.9 Å². The Morgan fingerprint density at radius 2 is 2.27 bits per heavy atom. The zero-order chi connectivity index (χ0) is 18.1. The summed E-state index contributed by atoms with van der Waals surface area (Å²) < 4.78 is 0.855. The zero-order valence-corrected chi connectivity index (χ0v) is 15.7. The average molecular weight is 367 g/mol. The number of fused-ring (bicyclic) bond motifs is 1. The van der Waals surface area contributed by atoms with E-state index in [9.17, 15) is 4.79 Å². The maximum absolute atomic E-state index is 13.1. The molecule has 1 fully saturated rings. The number of likely N-dealkylation sites (tertiary alicyclic amines) is 1. The lowest BCUT2D eigenvalue weighted by molar-refractivity contribution is 0.0744. The monoisotopic (exact) mass is 367 g/mol. The molecule has 2 unspecified atom stereocenters. The van der Waals surface area contributed by atoms with Crippen LogP contribution in [0.15, 0.2) is 36.0 Å². The summed E-state index contributed by atoms with van der Waals surface area (Å²) in [5.74, 6) is 0.476. The lowest BCUT2D eigenvalue weighted by Gasteiger charge is -2.21. The molecule has 6 nitrogen and oxygen atoms in total. The van der Waals surface area contributed by atoms with Gasteiger partial charge in [-0.1, -0.05) is 6.07 Å². The molecule has 0 radical (unpaired) electrons. The van der Waals surface area contributed by atoms with Crippen LogP contribution in [0.1, 0.15) is 48.8 Å². The van der Waals surface area contributed by atoms with Gasteiger partial charge in [-0.3, -0.25) is 9.78 Å². The van der Waals surface area contributed by atoms with Gasteiger partial charge >= 0.3 is 0 Å². The second-order valence-corrected chi connectivity index (χ2v) is 7.59. The number of nitrogens with one attached hydrogen (secondary N) is 1. The van der Waals surface area contributed by atoms with E-state index in [0.717, 1.165) is 35.2 Å². The van der Waals surface area contributed by atoms with Crippen molar-refractivity contribution in [3.8, 4) is 0 Å². The van der Waals surface area contributed by atoms with Crippen LogP contribution in [-0.2, 0) is 0 Å². The van der Waals surface area contributed by atoms with E-state index in [4.69, 9.17) is 0 Å². The van der Waals surface area contributed by atoms with E-state index in [2.05, 4.69) is 27.2 Å². The molecule has 0 aromatic carbocycles. The number of hydrogen-bond acceptors (Lipinski definition) is 6. The highest BCUT2D eigenvalue weighted by atomic mass is 32.1. The fraction of sp³-hybridized carbons (Fsp3) is 0.368. The molecular formula is C19H21N5OS. The van der Waals surface area contributed by atoms with Gasteiger partial charge in [0.25, 0.3) is 5.91 Å². The molecule has 1 saturated heterocycles. The quantitative estimate of drug-likeness (QED) is 0.758. The van der Waals surface area contributed by atoms with Gasteiger partial charge in [-0.25, -0.2) is 9.97 Å². The summed E-state index contributed by atoms with van der Waals surface area (Å²) in [5.41, 5.74) is 2.35. The van der Waals surface area contributed by atoms with Crippen LogP contribution in [-0.4, -0.2) is 38.3 Å². The average Bonchev–Trinajstić information content (AvgIpc) is 3.30. The topological polar surface area (TPSA) is 71.0 Å². The predicted molar refractivity (Wildman–Crippen MR) is 103 cm³/mol. The molecule has 0 aliphatic carbocycles. The van der Waals surface area contributed by atoms with Gasteiger partial charge in [0, 0.05) is 25.0 Å². The molecule has 0 saturated carbocycles. The van der Waals surface area contributed by atoms with Crippen molar-refractivity contribution in [1.82, 2.24) is 19.9 Å². The van der Waals surface area contributed by atoms with Gasteiger partial charge in [-0.15, -0.1) is 11.3 Å². The normalized spacial score (nSPS) is 18.2. The van der Waals surface area contributed by atoms with Crippen LogP contribution >= 0.6 is 11.3 Å². The molecule has 1 aliphatic rings. The van der Waals surface area contributed by atoms with E-state index < -0.39 is 0 Å². The third kappa shape index (κ3) is 3.14. The molecule has 3 aromatic rings. The van der Waals surface area contributed by atoms with Crippen molar-refractivity contribution in [3.63, 3.8) is 0 Å². The lowest BCUT2D eigenvalue weighted by atomic mass is 10.1. The summed E-state index contributed by atoms with van der Waals surface area (Å²) in [5, 5.41) is 5.27. The Morgan fingerprint density at radius 1 is 1.38 bits per heavy atom. The standard InChI is InChI=1S/C19H21N5OS/c1-12-5-4-9-24(12)18(25)16-17-15(7-10-26-17)22-19(23-16)21-13(2)14-6-3-8-20-11-14/h3,6-8,10-13H,4-5,9H2,1-2H3,(H,21,22,23). The van der Waals surface area contributed by atoms with E-state index in [-0.39, 0.29) is 18.0 Å². The largest absolute Gasteiger partial charge is 0.348 e. The van der Waals surface area contributed by atoms with Gasteiger partial charge in [0.15, 0.2) is 5.69 Å². The molecule has 3 aromatic heterocycles. The van der Waals surface area contributed by atoms with Crippen LogP contribution < -0.4 is 5.32 Å². The first-order chi connectivity index (χ1) is 12.6. The van der Waals surface area contributed by atoms with Crippen molar-refractivity contribution < 1.29 is 4.79 Å². The van der Waals surface area contributed by atoms with Crippen molar-refractivity contribution in [3.05, 3.63) is 47.2 Å². The maximum Gasteiger partial charge on any atom is 0.274 e. The summed E-state index contributed by atoms with van der Waals surface area (Å²) in [7, 11) is 0. The zero-order valence-electron chi connectivity index (χ0n) is 14.8. The summed E-state index contributed by atoms with van der Waals surface area (Å²) in [4.78, 5) is 28.3. The molecular weight excluding hydrogens is 346 g/mol. The number of rotatable bonds is 4. The Hall–Kier alpha value is -2.54. The molecule has 134 valence electrons. The van der Waals surface area contributed by atoms with Crippen molar-refractivity contribution in [1.29, 1.82) is 0 Å². The Balaban J connectivity index is 1.67. The van der Waals surface area contributed by atoms with Crippen LogP contribution in [0.25, 0.3) is 10.2 Å². The third-order valence-corrected chi connectivity index (χ3v) is 5.76. The van der Waals surface area contributed by atoms with Crippen molar-refractivity contribution in [2.24, 2.45) is 0 Å². The van der Waals surface area contributed by atoms with Gasteiger partial charge in [-0.2, -0.15) is 0 Å². The molecule has 0 spiro atoms. The van der Waals surface area contributed by atoms with E-state index in [1.165, 1.54) is 11.3 Å². The minimum absolute atomic E-state index is 0.00179. The summed E-state index contributed by atoms with van der Waals surface area (Å²) in [6, 6.07) is 6.10. The first-order valence-electron chi connectivity index (χ1n) is 8.86. The molecule has 7 heteroatoms. The van der Waals surface area contributed by atoms with Crippen molar-refractivity contribution in [2.45, 2.75) is 38.8 Å². The highest BCUT2D eigenvalue weighted by molar-refractivity contribution is 7.17. The van der Waals surface area contributed by atoms with Gasteiger partial charge in [0.1, 0.15) is 0 Å². The Labute approximate surface area is 156 Å². The van der Waals surface area contributed by atoms with Crippen LogP contribution in [0.2, 0.25) is 0 Å². The minimum Gasteiger partial charge on any atom is -0.348 e. The highest BCUT2D eigenvalue weighted by Crippen LogP contribution is 2.28. The lowest BCUT2D eigenvalue weighted by Crippen LogP contribution is -2.34. The third-order valence-electron chi connectivity index (χ3n) is 4.85. The number of anilines is 1. The van der Waals surface area contributed by atoms with E-state index in [1.807, 2.05) is 41.6 Å². The number of hydrogen-bond donors (Lipinski definition) is 1. The number of aromatic nitrogens is 3. The molecule has 0 bridgehead atoms. The smallest absolute Gasteiger partial charge is 0.274 e. The molecule has 2 atom stereocenters. The SMILES string of the molecule is CC(Nc1nc(C(=O)N2CCCC2C)c2sccc2n1)c1cccnc1. The fourth-order valence-electron chi connectivity index (χ4n) is 3.35. The molecule has 1 N–H and O–H groups in total. The molecule has 4 heterocycles. The Bertz CT molecular complexity index is 926. The molecule has 4 rings (SSSR count). The van der Waals surface area contributed by atoms with E-state index in [0.29, 0.717) is 11.6 Å². The van der Waals surface area contributed by atoms with Crippen LogP contribution in [0.5, 0.6) is 0 Å². The second-order valence-electron chi connectivity index (χ2n) is 6.67. The molecule has 1 amide bonds. The maximum atomic E-state index is 13.1. The van der Waals surface area contributed by atoms with Gasteiger partial charge in [0.2, 0.25) is 5.95 Å². The van der Waals surface area contributed by atoms with Crippen molar-refractivity contribution >= 4 is 33.4 Å². The number of carbonyl (C=O) groups excluding carboxylic acids is 1. The molecule has 26 heavy (non-hydrogen) atoms. The minimum atomic E-state index is -0.00607. The van der Waals surface area contributed by atoms with Gasteiger partial charge in [0.05, 0.1) is 16.3 Å². The van der Waals surface area contributed by atoms with E-state index >= 15 is 0 Å². The summed E-state index contributed by atoms with van der Waals surface area (Å²) in [6.07, 6.45) is 5.67. The summed E-state index contributed by atoms with van der Waals surface area (Å²) >= 11 is 1.52. The Kier molecular flexibility index (Phi) is 4.55. The number of nitrogens with zero attached hydrogens (tertiary/aromatic N) is 4. The fourth-order valence-corrected chi connectivity index (χ4v) is 4.17. The predicted octanol–water partition coefficient (Wildman–Crippen LogP) is 3.88. The first kappa shape index (κ1) is 16.9. The Morgan fingerprint density at radius 3 is 3.00 bits per heavy atom. The number of amides is 1. The first-order valence-corrected chi connectivity index (χ1v) is 9.74. The summed E-state index contributed by atoms with van der Waals surface area (Å²) in [6.45, 7) is 4.93. The van der Waals surface area contributed by atoms with Gasteiger partial charge < -0.3 is 10.2 Å². The van der Waals surface area contributed by atoms with Crippen LogP contribution in [0.3, 0.4) is 0 Å². The number of pyridine rings is 1. The molecule has 1 aliphatic heterocycles. The van der Waals surface area contributed by atoms with Crippen LogP contribution in [0.4, 0.5) is 5.95 Å². The number of carbonyl (C=O) groups is 1. The highest BCUT2D eigenvalue weighted by Gasteiger charge is 2.29. The van der Waals surface area contributed by atoms with Gasteiger partial charge in [-0.05, 0) is 49.8 Å². The van der Waals surface area contributed by atoms with Crippen LogP contribution in [0, 0.1) is 0 Å². The van der Waals surface area contributed by atoms with E-state index in [1.54, 1.807) is 6.20 Å². The number of thiophene rings is 1.